The van der Waals surface area contributed by atoms with Crippen molar-refractivity contribution in [3.05, 3.63) is 17.0 Å². The number of nitrogens with one attached hydrogen (secondary N) is 2. The summed E-state index contributed by atoms with van der Waals surface area (Å²) >= 11 is 0. The minimum absolute atomic E-state index is 0.872. The minimum Gasteiger partial charge on any atom is -0.311 e. The van der Waals surface area contributed by atoms with Gasteiger partial charge in [-0.2, -0.15) is 5.10 Å². The summed E-state index contributed by atoms with van der Waals surface area (Å²) in [5.74, 6) is 0.872. The second kappa shape index (κ2) is 6.34. The van der Waals surface area contributed by atoms with Gasteiger partial charge in [-0.1, -0.05) is 6.92 Å². The Morgan fingerprint density at radius 1 is 1.44 bits per heavy atom. The number of nitrogens with zero attached hydrogens (tertiary/aromatic N) is 2. The highest BCUT2D eigenvalue weighted by molar-refractivity contribution is 5.22. The Labute approximate surface area is 110 Å². The lowest BCUT2D eigenvalue weighted by Crippen LogP contribution is -2.38. The van der Waals surface area contributed by atoms with E-state index in [1.807, 2.05) is 0 Å². The predicted octanol–water partition coefficient (Wildman–Crippen LogP) is 1.85. The van der Waals surface area contributed by atoms with E-state index in [9.17, 15) is 0 Å². The first-order chi connectivity index (χ1) is 8.66. The van der Waals surface area contributed by atoms with Crippen molar-refractivity contribution in [1.29, 1.82) is 0 Å². The second-order valence-corrected chi connectivity index (χ2v) is 5.64. The largest absolute Gasteiger partial charge is 0.311 e. The Balaban J connectivity index is 1.67. The molecule has 18 heavy (non-hydrogen) atoms. The molecule has 0 saturated carbocycles. The standard InChI is InChI=1S/C14H26N4/c1-11-5-4-7-18(10-11)8-6-15-9-14-12(2)16-17-13(14)3/h11,15H,4-10H2,1-3H3,(H,16,17). The fourth-order valence-corrected chi connectivity index (χ4v) is 2.77. The number of hydrogen-bond donors (Lipinski definition) is 2. The number of hydrogen-bond acceptors (Lipinski definition) is 3. The number of rotatable bonds is 5. The average molecular weight is 250 g/mol. The van der Waals surface area contributed by atoms with Gasteiger partial charge < -0.3 is 10.2 Å². The molecular formula is C14H26N4. The van der Waals surface area contributed by atoms with Gasteiger partial charge >= 0.3 is 0 Å². The van der Waals surface area contributed by atoms with Crippen molar-refractivity contribution in [2.24, 2.45) is 5.92 Å². The zero-order valence-electron chi connectivity index (χ0n) is 11.9. The molecule has 1 aliphatic heterocycles. The SMILES string of the molecule is Cc1n[nH]c(C)c1CNCCN1CCCC(C)C1. The quantitative estimate of drug-likeness (QED) is 0.784. The third-order valence-corrected chi connectivity index (χ3v) is 3.93. The molecule has 0 aromatic carbocycles. The maximum Gasteiger partial charge on any atom is 0.0638 e. The summed E-state index contributed by atoms with van der Waals surface area (Å²) in [6.45, 7) is 12.2. The Bertz CT molecular complexity index is 352. The van der Waals surface area contributed by atoms with Crippen LogP contribution in [0.2, 0.25) is 0 Å². The molecule has 1 unspecified atom stereocenters. The molecule has 102 valence electrons. The van der Waals surface area contributed by atoms with E-state index >= 15 is 0 Å². The van der Waals surface area contributed by atoms with E-state index < -0.39 is 0 Å². The molecule has 1 aromatic heterocycles. The predicted molar refractivity (Wildman–Crippen MR) is 74.6 cm³/mol. The lowest BCUT2D eigenvalue weighted by atomic mass is 10.0. The lowest BCUT2D eigenvalue weighted by molar-refractivity contribution is 0.184. The summed E-state index contributed by atoms with van der Waals surface area (Å²) in [4.78, 5) is 2.58. The summed E-state index contributed by atoms with van der Waals surface area (Å²) in [5, 5.41) is 10.8. The van der Waals surface area contributed by atoms with E-state index in [0.717, 1.165) is 24.7 Å². The van der Waals surface area contributed by atoms with E-state index in [-0.39, 0.29) is 0 Å². The first-order valence-electron chi connectivity index (χ1n) is 7.10. The van der Waals surface area contributed by atoms with Crippen LogP contribution in [-0.2, 0) is 6.54 Å². The summed E-state index contributed by atoms with van der Waals surface area (Å²) in [7, 11) is 0. The van der Waals surface area contributed by atoms with E-state index in [0.29, 0.717) is 0 Å². The third-order valence-electron chi connectivity index (χ3n) is 3.93. The summed E-state index contributed by atoms with van der Waals surface area (Å²) < 4.78 is 0. The Hall–Kier alpha value is -0.870. The summed E-state index contributed by atoms with van der Waals surface area (Å²) in [6, 6.07) is 0. The van der Waals surface area contributed by atoms with Crippen LogP contribution in [0.15, 0.2) is 0 Å². The molecule has 1 aliphatic rings. The van der Waals surface area contributed by atoms with Crippen LogP contribution in [0.1, 0.15) is 36.7 Å². The van der Waals surface area contributed by atoms with Crippen LogP contribution in [0, 0.1) is 19.8 Å². The molecule has 1 saturated heterocycles. The smallest absolute Gasteiger partial charge is 0.0638 e. The van der Waals surface area contributed by atoms with E-state index in [2.05, 4.69) is 41.2 Å². The van der Waals surface area contributed by atoms with Crippen molar-refractivity contribution >= 4 is 0 Å². The molecule has 0 bridgehead atoms. The van der Waals surface area contributed by atoms with Gasteiger partial charge in [-0.15, -0.1) is 0 Å². The van der Waals surface area contributed by atoms with Gasteiger partial charge in [-0.3, -0.25) is 5.10 Å². The first kappa shape index (κ1) is 13.6. The summed E-state index contributed by atoms with van der Waals surface area (Å²) in [5.41, 5.74) is 3.63. The number of H-pyrrole nitrogens is 1. The van der Waals surface area contributed by atoms with Gasteiger partial charge in [0.2, 0.25) is 0 Å². The Morgan fingerprint density at radius 2 is 2.28 bits per heavy atom. The van der Waals surface area contributed by atoms with Crippen LogP contribution < -0.4 is 5.32 Å². The molecule has 2 rings (SSSR count). The van der Waals surface area contributed by atoms with Gasteiger partial charge in [0.1, 0.15) is 0 Å². The van der Waals surface area contributed by atoms with Crippen LogP contribution in [-0.4, -0.2) is 41.3 Å². The van der Waals surface area contributed by atoms with Gasteiger partial charge in [0.25, 0.3) is 0 Å². The summed E-state index contributed by atoms with van der Waals surface area (Å²) in [6.07, 6.45) is 2.76. The normalized spacial score (nSPS) is 21.4. The number of aromatic nitrogens is 2. The monoisotopic (exact) mass is 250 g/mol. The van der Waals surface area contributed by atoms with Crippen LogP contribution in [0.4, 0.5) is 0 Å². The van der Waals surface area contributed by atoms with Gasteiger partial charge in [-0.25, -0.2) is 0 Å². The van der Waals surface area contributed by atoms with Crippen LogP contribution in [0.5, 0.6) is 0 Å². The Kier molecular flexibility index (Phi) is 4.78. The molecule has 4 heteroatoms. The maximum absolute atomic E-state index is 4.22. The van der Waals surface area contributed by atoms with Gasteiger partial charge in [-0.05, 0) is 39.2 Å². The van der Waals surface area contributed by atoms with E-state index in [1.54, 1.807) is 0 Å². The zero-order valence-corrected chi connectivity index (χ0v) is 11.9. The molecule has 1 atom stereocenters. The van der Waals surface area contributed by atoms with Crippen molar-refractivity contribution in [3.8, 4) is 0 Å². The number of aromatic amines is 1. The molecular weight excluding hydrogens is 224 g/mol. The van der Waals surface area contributed by atoms with E-state index in [1.165, 1.54) is 43.7 Å². The third kappa shape index (κ3) is 3.56. The van der Waals surface area contributed by atoms with Crippen molar-refractivity contribution in [3.63, 3.8) is 0 Å². The highest BCUT2D eigenvalue weighted by atomic mass is 15.1. The number of likely N-dealkylation sites (tertiary alicyclic amines) is 1. The van der Waals surface area contributed by atoms with Crippen molar-refractivity contribution in [1.82, 2.24) is 20.4 Å². The molecule has 1 fully saturated rings. The zero-order chi connectivity index (χ0) is 13.0. The van der Waals surface area contributed by atoms with E-state index in [4.69, 9.17) is 0 Å². The molecule has 2 N–H and O–H groups in total. The molecule has 0 spiro atoms. The second-order valence-electron chi connectivity index (χ2n) is 5.64. The fraction of sp³-hybridized carbons (Fsp3) is 0.786. The molecule has 4 nitrogen and oxygen atoms in total. The topological polar surface area (TPSA) is 44.0 Å². The highest BCUT2D eigenvalue weighted by Crippen LogP contribution is 2.14. The van der Waals surface area contributed by atoms with Crippen molar-refractivity contribution in [2.45, 2.75) is 40.2 Å². The lowest BCUT2D eigenvalue weighted by Gasteiger charge is -2.30. The molecule has 2 heterocycles. The number of aryl methyl sites for hydroxylation is 2. The van der Waals surface area contributed by atoms with Crippen LogP contribution >= 0.6 is 0 Å². The van der Waals surface area contributed by atoms with Crippen LogP contribution in [0.25, 0.3) is 0 Å². The average Bonchev–Trinajstić information content (AvgIpc) is 2.66. The maximum atomic E-state index is 4.22. The minimum atomic E-state index is 0.872. The first-order valence-corrected chi connectivity index (χ1v) is 7.10. The molecule has 0 aliphatic carbocycles. The van der Waals surface area contributed by atoms with Gasteiger partial charge in [0.15, 0.2) is 0 Å². The van der Waals surface area contributed by atoms with Crippen LogP contribution in [0.3, 0.4) is 0 Å². The molecule has 0 amide bonds. The molecule has 1 aromatic rings. The number of piperidine rings is 1. The highest BCUT2D eigenvalue weighted by Gasteiger charge is 2.15. The molecule has 0 radical (unpaired) electrons. The van der Waals surface area contributed by atoms with Gasteiger partial charge in [0.05, 0.1) is 5.69 Å². The fourth-order valence-electron chi connectivity index (χ4n) is 2.77. The Morgan fingerprint density at radius 3 is 2.94 bits per heavy atom. The van der Waals surface area contributed by atoms with Crippen molar-refractivity contribution in [2.75, 3.05) is 26.2 Å². The van der Waals surface area contributed by atoms with Crippen molar-refractivity contribution < 1.29 is 0 Å². The van der Waals surface area contributed by atoms with Gasteiger partial charge in [0, 0.05) is 37.4 Å².